The van der Waals surface area contributed by atoms with Crippen molar-refractivity contribution in [3.8, 4) is 0 Å². The van der Waals surface area contributed by atoms with Gasteiger partial charge in [0, 0.05) is 50.4 Å². The zero-order valence-corrected chi connectivity index (χ0v) is 26.7. The van der Waals surface area contributed by atoms with Gasteiger partial charge in [-0.3, -0.25) is 4.79 Å². The third-order valence-electron chi connectivity index (χ3n) is 15.4. The SMILES string of the molecule is C=C(C)[C@@H]1O[C@@H]2CC[C@@]3(C)[C@](O)(CC[C@H]4[C@H]5OC(C)(C)[C@@H]6C[C@H]7[C@H]6c6c(ccc8[nH]c(c5c68)[C@]43C)C(=O)[C@H]7C)[C@]23O[C@H]3[C@H]1O. The third kappa shape index (κ3) is 2.50. The van der Waals surface area contributed by atoms with E-state index in [1.807, 2.05) is 6.92 Å². The van der Waals surface area contributed by atoms with E-state index in [9.17, 15) is 15.0 Å². The average Bonchev–Trinajstić information content (AvgIpc) is 3.53. The van der Waals surface area contributed by atoms with Gasteiger partial charge in [-0.15, -0.1) is 0 Å². The highest BCUT2D eigenvalue weighted by atomic mass is 16.7. The first-order valence-corrected chi connectivity index (χ1v) is 17.0. The first kappa shape index (κ1) is 27.1. The number of ketones is 1. The van der Waals surface area contributed by atoms with Crippen LogP contribution in [0.2, 0.25) is 0 Å². The van der Waals surface area contributed by atoms with Gasteiger partial charge in [-0.2, -0.15) is 0 Å². The van der Waals surface area contributed by atoms with E-state index in [4.69, 9.17) is 14.2 Å². The van der Waals surface area contributed by atoms with Crippen LogP contribution in [0.4, 0.5) is 0 Å². The summed E-state index contributed by atoms with van der Waals surface area (Å²) in [5.74, 6) is 1.51. The second-order valence-electron chi connectivity index (χ2n) is 17.0. The summed E-state index contributed by atoms with van der Waals surface area (Å²) in [6, 6.07) is 4.19. The molecule has 10 rings (SSSR count). The van der Waals surface area contributed by atoms with Crippen molar-refractivity contribution in [3.05, 3.63) is 46.7 Å². The normalized spacial score (nSPS) is 53.4. The van der Waals surface area contributed by atoms with Gasteiger partial charge < -0.3 is 29.4 Å². The fraction of sp³-hybridized carbons (Fsp3) is 0.703. The summed E-state index contributed by atoms with van der Waals surface area (Å²) in [4.78, 5) is 17.7. The number of aliphatic hydroxyl groups is 2. The Kier molecular flexibility index (Phi) is 4.67. The van der Waals surface area contributed by atoms with Gasteiger partial charge in [0.1, 0.15) is 23.9 Å². The quantitative estimate of drug-likeness (QED) is 0.290. The van der Waals surface area contributed by atoms with Gasteiger partial charge in [0.25, 0.3) is 0 Å². The van der Waals surface area contributed by atoms with Gasteiger partial charge >= 0.3 is 0 Å². The largest absolute Gasteiger partial charge is 0.387 e. The van der Waals surface area contributed by atoms with Crippen LogP contribution >= 0.6 is 0 Å². The van der Waals surface area contributed by atoms with Crippen LogP contribution in [0.1, 0.15) is 113 Å². The predicted molar refractivity (Wildman–Crippen MR) is 163 cm³/mol. The molecule has 2 aromatic rings. The fourth-order valence-electron chi connectivity index (χ4n) is 12.9. The minimum Gasteiger partial charge on any atom is -0.387 e. The van der Waals surface area contributed by atoms with Crippen LogP contribution in [0.5, 0.6) is 0 Å². The smallest absolute Gasteiger partial charge is 0.166 e. The predicted octanol–water partition coefficient (Wildman–Crippen LogP) is 5.62. The molecule has 0 radical (unpaired) electrons. The van der Waals surface area contributed by atoms with E-state index in [1.165, 1.54) is 16.5 Å². The van der Waals surface area contributed by atoms with E-state index in [0.717, 1.165) is 48.0 Å². The van der Waals surface area contributed by atoms with Crippen molar-refractivity contribution in [2.45, 2.75) is 132 Å². The van der Waals surface area contributed by atoms with Gasteiger partial charge in [-0.1, -0.05) is 27.4 Å². The Morgan fingerprint density at radius 2 is 1.84 bits per heavy atom. The molecular weight excluding hydrogens is 554 g/mol. The number of Topliss-reactive ketones (excluding diaryl/α,β-unsaturated/α-hetero) is 1. The molecule has 234 valence electrons. The van der Waals surface area contributed by atoms with Crippen molar-refractivity contribution in [1.82, 2.24) is 4.98 Å². The zero-order chi connectivity index (χ0) is 30.7. The number of carbonyl (C=O) groups is 1. The average molecular weight is 600 g/mol. The molecule has 7 nitrogen and oxygen atoms in total. The molecule has 5 fully saturated rings. The summed E-state index contributed by atoms with van der Waals surface area (Å²) in [5.41, 5.74) is 2.91. The lowest BCUT2D eigenvalue weighted by molar-refractivity contribution is -0.275. The summed E-state index contributed by atoms with van der Waals surface area (Å²) in [6.45, 7) is 17.3. The molecule has 5 aliphatic carbocycles. The molecule has 3 N–H and O–H groups in total. The summed E-state index contributed by atoms with van der Waals surface area (Å²) in [7, 11) is 0. The molecule has 0 unspecified atom stereocenters. The van der Waals surface area contributed by atoms with Crippen LogP contribution in [0.3, 0.4) is 0 Å². The highest BCUT2D eigenvalue weighted by Crippen LogP contribution is 2.77. The molecule has 44 heavy (non-hydrogen) atoms. The van der Waals surface area contributed by atoms with Crippen LogP contribution in [-0.4, -0.2) is 62.2 Å². The second kappa shape index (κ2) is 7.57. The topological polar surface area (TPSA) is 104 Å². The van der Waals surface area contributed by atoms with Gasteiger partial charge in [-0.05, 0) is 93.9 Å². The Bertz CT molecular complexity index is 1730. The van der Waals surface area contributed by atoms with Crippen molar-refractivity contribution < 1.29 is 29.2 Å². The fourth-order valence-corrected chi connectivity index (χ4v) is 12.9. The van der Waals surface area contributed by atoms with E-state index >= 15 is 0 Å². The van der Waals surface area contributed by atoms with Crippen molar-refractivity contribution in [2.75, 3.05) is 0 Å². The molecule has 3 saturated carbocycles. The third-order valence-corrected chi connectivity index (χ3v) is 15.4. The Labute approximate surface area is 258 Å². The molecule has 0 bridgehead atoms. The molecule has 1 aromatic carbocycles. The number of aromatic amines is 1. The number of aliphatic hydroxyl groups excluding tert-OH is 1. The number of hydrogen-bond donors (Lipinski definition) is 3. The number of H-pyrrole nitrogens is 1. The van der Waals surface area contributed by atoms with Gasteiger partial charge in [0.2, 0.25) is 0 Å². The maximum Gasteiger partial charge on any atom is 0.166 e. The number of benzene rings is 1. The van der Waals surface area contributed by atoms with Crippen LogP contribution in [-0.2, 0) is 19.6 Å². The van der Waals surface area contributed by atoms with Gasteiger partial charge in [0.05, 0.1) is 17.8 Å². The van der Waals surface area contributed by atoms with E-state index in [-0.39, 0.29) is 35.4 Å². The molecule has 3 aliphatic heterocycles. The first-order chi connectivity index (χ1) is 20.7. The van der Waals surface area contributed by atoms with E-state index in [0.29, 0.717) is 24.2 Å². The highest BCUT2D eigenvalue weighted by molar-refractivity contribution is 6.07. The van der Waals surface area contributed by atoms with Gasteiger partial charge in [-0.25, -0.2) is 0 Å². The molecule has 1 spiro atoms. The zero-order valence-electron chi connectivity index (χ0n) is 26.7. The lowest BCUT2D eigenvalue weighted by Crippen LogP contribution is -2.76. The standard InChI is InChI=1S/C37H45NO6/c1-15(2)29-28(40)32-37(44-32)22(42-29)11-12-34(6)35(7)19(10-13-36(34,37)41)30-26-25-21(38-31(26)35)9-8-17-24(25)23-18(16(3)27(17)39)14-20(23)33(4,5)43-30/h8-9,16,18-20,22-23,28-30,32,38,40-41H,1,10-14H2,2-7H3/t16-,18+,19-,20+,22+,23+,28-,29-,30+,32-,34+,35-,36+,37-/m0/s1. The Hall–Kier alpha value is -2.03. The Morgan fingerprint density at radius 1 is 1.07 bits per heavy atom. The number of epoxide rings is 1. The first-order valence-electron chi connectivity index (χ1n) is 17.0. The molecule has 8 aliphatic rings. The molecular formula is C37H45NO6. The molecule has 14 atom stereocenters. The number of ether oxygens (including phenoxy) is 3. The molecule has 1 aromatic heterocycles. The molecule has 2 saturated heterocycles. The van der Waals surface area contributed by atoms with Crippen molar-refractivity contribution in [2.24, 2.45) is 29.1 Å². The summed E-state index contributed by atoms with van der Waals surface area (Å²) < 4.78 is 20.4. The monoisotopic (exact) mass is 599 g/mol. The maximum absolute atomic E-state index is 13.8. The summed E-state index contributed by atoms with van der Waals surface area (Å²) in [6.07, 6.45) is 1.65. The second-order valence-corrected chi connectivity index (χ2v) is 17.0. The number of aromatic nitrogens is 1. The van der Waals surface area contributed by atoms with Crippen LogP contribution in [0, 0.1) is 29.1 Å². The Morgan fingerprint density at radius 3 is 2.59 bits per heavy atom. The number of nitrogens with one attached hydrogen (secondary N) is 1. The lowest BCUT2D eigenvalue weighted by atomic mass is 9.40. The van der Waals surface area contributed by atoms with Crippen LogP contribution in [0.25, 0.3) is 10.9 Å². The van der Waals surface area contributed by atoms with Crippen molar-refractivity contribution in [3.63, 3.8) is 0 Å². The Balaban J connectivity index is 1.19. The van der Waals surface area contributed by atoms with E-state index < -0.39 is 40.3 Å². The minimum absolute atomic E-state index is 0.0340. The maximum atomic E-state index is 13.8. The van der Waals surface area contributed by atoms with E-state index in [2.05, 4.69) is 58.3 Å². The van der Waals surface area contributed by atoms with Crippen molar-refractivity contribution >= 4 is 16.7 Å². The molecule has 0 amide bonds. The lowest BCUT2D eigenvalue weighted by Gasteiger charge is -2.66. The summed E-state index contributed by atoms with van der Waals surface area (Å²) in [5, 5.41) is 25.8. The minimum atomic E-state index is -1.20. The van der Waals surface area contributed by atoms with Crippen molar-refractivity contribution in [1.29, 1.82) is 0 Å². The van der Waals surface area contributed by atoms with Crippen LogP contribution < -0.4 is 0 Å². The molecule has 7 heteroatoms. The highest BCUT2D eigenvalue weighted by Gasteiger charge is 2.86. The number of hydrogen-bond acceptors (Lipinski definition) is 6. The number of carbonyl (C=O) groups excluding carboxylic acids is 1. The van der Waals surface area contributed by atoms with Gasteiger partial charge in [0.15, 0.2) is 11.4 Å². The molecule has 4 heterocycles. The number of rotatable bonds is 1. The van der Waals surface area contributed by atoms with E-state index in [1.54, 1.807) is 0 Å². The van der Waals surface area contributed by atoms with Crippen LogP contribution in [0.15, 0.2) is 24.3 Å². The number of fused-ring (bicyclic) bond motifs is 5. The summed E-state index contributed by atoms with van der Waals surface area (Å²) >= 11 is 0.